The molecule has 2 aromatic rings. The van der Waals surface area contributed by atoms with E-state index in [1.54, 1.807) is 6.07 Å². The van der Waals surface area contributed by atoms with Crippen LogP contribution in [-0.2, 0) is 13.0 Å². The number of aliphatic hydroxyl groups is 1. The van der Waals surface area contributed by atoms with Gasteiger partial charge in [0.2, 0.25) is 0 Å². The fourth-order valence-corrected chi connectivity index (χ4v) is 2.05. The van der Waals surface area contributed by atoms with Crippen molar-refractivity contribution >= 4 is 0 Å². The lowest BCUT2D eigenvalue weighted by Crippen LogP contribution is -2.01. The number of rotatable bonds is 5. The first-order valence-corrected chi connectivity index (χ1v) is 6.56. The van der Waals surface area contributed by atoms with E-state index < -0.39 is 0 Å². The highest BCUT2D eigenvalue weighted by Gasteiger charge is 2.05. The van der Waals surface area contributed by atoms with Crippen LogP contribution in [0, 0.1) is 18.3 Å². The Morgan fingerprint density at radius 3 is 2.65 bits per heavy atom. The Balaban J connectivity index is 2.11. The van der Waals surface area contributed by atoms with Crippen molar-refractivity contribution in [3.05, 3.63) is 64.7 Å². The predicted octanol–water partition coefficient (Wildman–Crippen LogP) is 2.98. The van der Waals surface area contributed by atoms with Gasteiger partial charge in [-0.3, -0.25) is 0 Å². The molecule has 0 fully saturated rings. The summed E-state index contributed by atoms with van der Waals surface area (Å²) in [4.78, 5) is 0. The smallest absolute Gasteiger partial charge is 0.123 e. The van der Waals surface area contributed by atoms with Crippen molar-refractivity contribution in [3.63, 3.8) is 0 Å². The van der Waals surface area contributed by atoms with Gasteiger partial charge >= 0.3 is 0 Å². The molecule has 20 heavy (non-hydrogen) atoms. The molecule has 0 saturated carbocycles. The summed E-state index contributed by atoms with van der Waals surface area (Å²) in [5, 5.41) is 17.9. The summed E-state index contributed by atoms with van der Waals surface area (Å²) in [7, 11) is 0. The molecule has 0 spiro atoms. The van der Waals surface area contributed by atoms with Crippen LogP contribution in [-0.4, -0.2) is 11.7 Å². The van der Waals surface area contributed by atoms with Gasteiger partial charge in [-0.05, 0) is 48.2 Å². The van der Waals surface area contributed by atoms with Crippen molar-refractivity contribution < 1.29 is 9.84 Å². The summed E-state index contributed by atoms with van der Waals surface area (Å²) in [5.41, 5.74) is 3.76. The summed E-state index contributed by atoms with van der Waals surface area (Å²) in [6.07, 6.45) is 0.586. The molecule has 2 rings (SSSR count). The van der Waals surface area contributed by atoms with Gasteiger partial charge in [-0.1, -0.05) is 24.3 Å². The summed E-state index contributed by atoms with van der Waals surface area (Å²) in [5.74, 6) is 0.797. The largest absolute Gasteiger partial charge is 0.489 e. The number of aryl methyl sites for hydroxylation is 1. The van der Waals surface area contributed by atoms with Crippen molar-refractivity contribution in [1.29, 1.82) is 5.26 Å². The normalized spacial score (nSPS) is 10.1. The van der Waals surface area contributed by atoms with Crippen LogP contribution < -0.4 is 4.74 Å². The molecule has 0 amide bonds. The van der Waals surface area contributed by atoms with E-state index in [0.29, 0.717) is 18.6 Å². The Bertz CT molecular complexity index is 629. The molecule has 0 bridgehead atoms. The van der Waals surface area contributed by atoms with Gasteiger partial charge in [0.05, 0.1) is 11.6 Å². The third-order valence-corrected chi connectivity index (χ3v) is 3.21. The molecule has 3 heteroatoms. The third-order valence-electron chi connectivity index (χ3n) is 3.21. The highest BCUT2D eigenvalue weighted by Crippen LogP contribution is 2.21. The average molecular weight is 267 g/mol. The quantitative estimate of drug-likeness (QED) is 0.906. The molecule has 3 nitrogen and oxygen atoms in total. The maximum absolute atomic E-state index is 9.05. The van der Waals surface area contributed by atoms with Gasteiger partial charge < -0.3 is 9.84 Å². The summed E-state index contributed by atoms with van der Waals surface area (Å²) >= 11 is 0. The van der Waals surface area contributed by atoms with Gasteiger partial charge in [-0.2, -0.15) is 5.26 Å². The molecular weight excluding hydrogens is 250 g/mol. The lowest BCUT2D eigenvalue weighted by Gasteiger charge is -2.12. The maximum atomic E-state index is 9.05. The minimum Gasteiger partial charge on any atom is -0.489 e. The number of benzene rings is 2. The molecule has 2 aromatic carbocycles. The zero-order valence-electron chi connectivity index (χ0n) is 11.5. The predicted molar refractivity (Wildman–Crippen MR) is 77.5 cm³/mol. The number of ether oxygens (including phenoxy) is 1. The van der Waals surface area contributed by atoms with Crippen molar-refractivity contribution in [2.75, 3.05) is 6.61 Å². The standard InChI is InChI=1S/C17H17NO2/c1-13-10-14(11-18)6-7-16(13)12-20-17-5-3-2-4-15(17)8-9-19/h2-7,10,19H,8-9,12H2,1H3. The van der Waals surface area contributed by atoms with Crippen LogP contribution in [0.15, 0.2) is 42.5 Å². The van der Waals surface area contributed by atoms with E-state index in [2.05, 4.69) is 6.07 Å². The van der Waals surface area contributed by atoms with Gasteiger partial charge in [0.15, 0.2) is 0 Å². The molecule has 0 aromatic heterocycles. The highest BCUT2D eigenvalue weighted by molar-refractivity contribution is 5.38. The number of nitrogens with zero attached hydrogens (tertiary/aromatic N) is 1. The average Bonchev–Trinajstić information content (AvgIpc) is 2.47. The van der Waals surface area contributed by atoms with Crippen molar-refractivity contribution in [2.24, 2.45) is 0 Å². The first kappa shape index (κ1) is 14.1. The molecule has 0 unspecified atom stereocenters. The van der Waals surface area contributed by atoms with Crippen LogP contribution in [0.4, 0.5) is 0 Å². The van der Waals surface area contributed by atoms with Gasteiger partial charge in [0.1, 0.15) is 12.4 Å². The molecule has 0 atom stereocenters. The van der Waals surface area contributed by atoms with Crippen LogP contribution in [0.25, 0.3) is 0 Å². The van der Waals surface area contributed by atoms with E-state index in [4.69, 9.17) is 15.1 Å². The van der Waals surface area contributed by atoms with Crippen LogP contribution in [0.5, 0.6) is 5.75 Å². The molecule has 0 aliphatic rings. The Labute approximate surface area is 119 Å². The molecule has 0 heterocycles. The van der Waals surface area contributed by atoms with Gasteiger partial charge in [0, 0.05) is 6.61 Å². The summed E-state index contributed by atoms with van der Waals surface area (Å²) in [6, 6.07) is 15.4. The minimum absolute atomic E-state index is 0.107. The van der Waals surface area contributed by atoms with E-state index in [9.17, 15) is 0 Å². The van der Waals surface area contributed by atoms with Crippen molar-refractivity contribution in [2.45, 2.75) is 20.0 Å². The lowest BCUT2D eigenvalue weighted by molar-refractivity contribution is 0.283. The molecule has 0 radical (unpaired) electrons. The highest BCUT2D eigenvalue weighted by atomic mass is 16.5. The molecular formula is C17H17NO2. The summed E-state index contributed by atoms with van der Waals surface area (Å²) < 4.78 is 5.84. The zero-order valence-corrected chi connectivity index (χ0v) is 11.5. The second kappa shape index (κ2) is 6.74. The molecule has 102 valence electrons. The maximum Gasteiger partial charge on any atom is 0.123 e. The van der Waals surface area contributed by atoms with Crippen LogP contribution >= 0.6 is 0 Å². The number of para-hydroxylation sites is 1. The van der Waals surface area contributed by atoms with Crippen LogP contribution in [0.3, 0.4) is 0 Å². The van der Waals surface area contributed by atoms with E-state index in [0.717, 1.165) is 22.4 Å². The lowest BCUT2D eigenvalue weighted by atomic mass is 10.1. The monoisotopic (exact) mass is 267 g/mol. The van der Waals surface area contributed by atoms with E-state index in [1.807, 2.05) is 43.3 Å². The van der Waals surface area contributed by atoms with Gasteiger partial charge in [-0.15, -0.1) is 0 Å². The Morgan fingerprint density at radius 2 is 1.95 bits per heavy atom. The molecule has 0 saturated heterocycles. The number of nitriles is 1. The van der Waals surface area contributed by atoms with Crippen LogP contribution in [0.2, 0.25) is 0 Å². The van der Waals surface area contributed by atoms with Gasteiger partial charge in [0.25, 0.3) is 0 Å². The fraction of sp³-hybridized carbons (Fsp3) is 0.235. The topological polar surface area (TPSA) is 53.2 Å². The second-order valence-corrected chi connectivity index (χ2v) is 4.62. The van der Waals surface area contributed by atoms with E-state index in [1.165, 1.54) is 0 Å². The molecule has 1 N–H and O–H groups in total. The Kier molecular flexibility index (Phi) is 4.75. The second-order valence-electron chi connectivity index (χ2n) is 4.62. The molecule has 0 aliphatic carbocycles. The number of hydrogen-bond acceptors (Lipinski definition) is 3. The first-order chi connectivity index (χ1) is 9.74. The third kappa shape index (κ3) is 3.37. The zero-order chi connectivity index (χ0) is 14.4. The molecule has 0 aliphatic heterocycles. The number of aliphatic hydroxyl groups excluding tert-OH is 1. The van der Waals surface area contributed by atoms with Crippen molar-refractivity contribution in [3.8, 4) is 11.8 Å². The van der Waals surface area contributed by atoms with E-state index in [-0.39, 0.29) is 6.61 Å². The Hall–Kier alpha value is -2.31. The first-order valence-electron chi connectivity index (χ1n) is 6.56. The van der Waals surface area contributed by atoms with Gasteiger partial charge in [-0.25, -0.2) is 0 Å². The SMILES string of the molecule is Cc1cc(C#N)ccc1COc1ccccc1CCO. The van der Waals surface area contributed by atoms with E-state index >= 15 is 0 Å². The van der Waals surface area contributed by atoms with Crippen molar-refractivity contribution in [1.82, 2.24) is 0 Å². The minimum atomic E-state index is 0.107. The van der Waals surface area contributed by atoms with Crippen LogP contribution in [0.1, 0.15) is 22.3 Å². The fourth-order valence-electron chi connectivity index (χ4n) is 2.05. The number of hydrogen-bond donors (Lipinski definition) is 1. The Morgan fingerprint density at radius 1 is 1.15 bits per heavy atom. The summed E-state index contributed by atoms with van der Waals surface area (Å²) in [6.45, 7) is 2.54.